The van der Waals surface area contributed by atoms with Crippen LogP contribution in [0.1, 0.15) is 18.1 Å². The summed E-state index contributed by atoms with van der Waals surface area (Å²) in [6, 6.07) is 8.32. The van der Waals surface area contributed by atoms with Crippen molar-refractivity contribution in [3.8, 4) is 0 Å². The summed E-state index contributed by atoms with van der Waals surface area (Å²) in [7, 11) is 0. The fourth-order valence-electron chi connectivity index (χ4n) is 1.00. The molecule has 0 saturated carbocycles. The lowest BCUT2D eigenvalue weighted by molar-refractivity contribution is 1.44. The van der Waals surface area contributed by atoms with Crippen molar-refractivity contribution in [2.45, 2.75) is 13.8 Å². The van der Waals surface area contributed by atoms with Gasteiger partial charge in [0.25, 0.3) is 0 Å². The first-order chi connectivity index (χ1) is 5.61. The molecule has 12 heavy (non-hydrogen) atoms. The Balaban J connectivity index is 2.98. The Bertz CT molecular complexity index is 301. The van der Waals surface area contributed by atoms with Crippen LogP contribution < -0.4 is 0 Å². The van der Waals surface area contributed by atoms with Gasteiger partial charge in [0.2, 0.25) is 0 Å². The molecule has 0 nitrogen and oxygen atoms in total. The van der Waals surface area contributed by atoms with E-state index in [1.54, 1.807) is 0 Å². The second-order valence-corrected chi connectivity index (χ2v) is 3.12. The van der Waals surface area contributed by atoms with Gasteiger partial charge >= 0.3 is 0 Å². The van der Waals surface area contributed by atoms with Gasteiger partial charge in [-0.05, 0) is 25.0 Å². The van der Waals surface area contributed by atoms with E-state index in [1.807, 2.05) is 6.92 Å². The summed E-state index contributed by atoms with van der Waals surface area (Å²) < 4.78 is 0. The van der Waals surface area contributed by atoms with E-state index in [-0.39, 0.29) is 0 Å². The Morgan fingerprint density at radius 2 is 1.58 bits per heavy atom. The molecule has 0 fully saturated rings. The lowest BCUT2D eigenvalue weighted by atomic mass is 10.0. The molecule has 1 rings (SSSR count). The van der Waals surface area contributed by atoms with Crippen molar-refractivity contribution >= 4 is 5.57 Å². The van der Waals surface area contributed by atoms with Crippen LogP contribution >= 0.6 is 0 Å². The quantitative estimate of drug-likeness (QED) is 0.577. The highest BCUT2D eigenvalue weighted by Gasteiger charge is 1.97. The Kier molecular flexibility index (Phi) is 2.49. The van der Waals surface area contributed by atoms with E-state index in [1.165, 1.54) is 5.56 Å². The summed E-state index contributed by atoms with van der Waals surface area (Å²) in [6.45, 7) is 11.9. The van der Waals surface area contributed by atoms with Gasteiger partial charge in [0.1, 0.15) is 0 Å². The molecule has 62 valence electrons. The highest BCUT2D eigenvalue weighted by molar-refractivity contribution is 5.75. The molecule has 0 bridgehead atoms. The number of hydrogen-bond donors (Lipinski definition) is 0. The molecule has 0 aromatic heterocycles. The van der Waals surface area contributed by atoms with Gasteiger partial charge in [0, 0.05) is 0 Å². The van der Waals surface area contributed by atoms with E-state index in [2.05, 4.69) is 44.3 Å². The van der Waals surface area contributed by atoms with Gasteiger partial charge in [-0.25, -0.2) is 0 Å². The molecule has 0 unspecified atom stereocenters. The maximum absolute atomic E-state index is 3.95. The Morgan fingerprint density at radius 1 is 1.08 bits per heavy atom. The van der Waals surface area contributed by atoms with Crippen molar-refractivity contribution in [2.75, 3.05) is 0 Å². The summed E-state index contributed by atoms with van der Waals surface area (Å²) >= 11 is 0. The summed E-state index contributed by atoms with van der Waals surface area (Å²) in [4.78, 5) is 0. The van der Waals surface area contributed by atoms with E-state index < -0.39 is 0 Å². The maximum Gasteiger partial charge on any atom is -0.0187 e. The summed E-state index contributed by atoms with van der Waals surface area (Å²) in [5.41, 5.74) is 4.48. The lowest BCUT2D eigenvalue weighted by Crippen LogP contribution is -1.83. The molecule has 0 saturated heterocycles. The number of hydrogen-bond acceptors (Lipinski definition) is 0. The number of benzene rings is 1. The van der Waals surface area contributed by atoms with Crippen molar-refractivity contribution in [3.63, 3.8) is 0 Å². The predicted molar refractivity (Wildman–Crippen MR) is 55.0 cm³/mol. The first-order valence-electron chi connectivity index (χ1n) is 4.03. The third-order valence-corrected chi connectivity index (χ3v) is 1.92. The predicted octanol–water partition coefficient (Wildman–Crippen LogP) is 3.58. The molecule has 0 amide bonds. The molecule has 0 aliphatic heterocycles. The average Bonchev–Trinajstić information content (AvgIpc) is 2.04. The zero-order chi connectivity index (χ0) is 9.14. The molecular weight excluding hydrogens is 144 g/mol. The first kappa shape index (κ1) is 8.79. The smallest absolute Gasteiger partial charge is 0.0187 e. The molecule has 0 atom stereocenters. The van der Waals surface area contributed by atoms with E-state index in [0.717, 1.165) is 16.7 Å². The summed E-state index contributed by atoms with van der Waals surface area (Å²) in [5, 5.41) is 0. The Hall–Kier alpha value is -1.30. The van der Waals surface area contributed by atoms with Gasteiger partial charge < -0.3 is 0 Å². The fourth-order valence-corrected chi connectivity index (χ4v) is 1.00. The molecule has 0 aliphatic carbocycles. The summed E-state index contributed by atoms with van der Waals surface area (Å²) in [5.74, 6) is 0. The largest absolute Gasteiger partial charge is 0.0955 e. The third kappa shape index (κ3) is 1.85. The number of rotatable bonds is 2. The van der Waals surface area contributed by atoms with Gasteiger partial charge in [0.15, 0.2) is 0 Å². The normalized spacial score (nSPS) is 9.50. The molecule has 0 heterocycles. The van der Waals surface area contributed by atoms with Crippen molar-refractivity contribution in [1.29, 1.82) is 0 Å². The van der Waals surface area contributed by atoms with Crippen LogP contribution in [0, 0.1) is 6.92 Å². The van der Waals surface area contributed by atoms with Crippen LogP contribution in [-0.2, 0) is 0 Å². The minimum absolute atomic E-state index is 1.02. The zero-order valence-corrected chi connectivity index (χ0v) is 7.72. The minimum atomic E-state index is 1.02. The average molecular weight is 158 g/mol. The van der Waals surface area contributed by atoms with Gasteiger partial charge in [-0.3, -0.25) is 0 Å². The van der Waals surface area contributed by atoms with Crippen molar-refractivity contribution < 1.29 is 0 Å². The Labute approximate surface area is 74.2 Å². The van der Waals surface area contributed by atoms with Crippen molar-refractivity contribution in [3.05, 3.63) is 54.1 Å². The van der Waals surface area contributed by atoms with E-state index in [4.69, 9.17) is 0 Å². The number of aryl methyl sites for hydroxylation is 1. The summed E-state index contributed by atoms with van der Waals surface area (Å²) in [6.07, 6.45) is 0. The van der Waals surface area contributed by atoms with Gasteiger partial charge in [-0.15, -0.1) is 0 Å². The molecular formula is C12H14. The molecule has 0 aliphatic rings. The molecule has 1 aromatic carbocycles. The monoisotopic (exact) mass is 158 g/mol. The molecule has 1 aromatic rings. The van der Waals surface area contributed by atoms with Crippen LogP contribution in [0.15, 0.2) is 43.0 Å². The standard InChI is InChI=1S/C12H14/c1-9(2)11(4)12-7-5-10(3)6-8-12/h5-8H,1,4H2,2-3H3. The molecule has 0 N–H and O–H groups in total. The van der Waals surface area contributed by atoms with E-state index >= 15 is 0 Å². The third-order valence-electron chi connectivity index (χ3n) is 1.92. The second kappa shape index (κ2) is 3.40. The van der Waals surface area contributed by atoms with Gasteiger partial charge in [-0.1, -0.05) is 48.6 Å². The van der Waals surface area contributed by atoms with Crippen molar-refractivity contribution in [1.82, 2.24) is 0 Å². The molecule has 0 heteroatoms. The topological polar surface area (TPSA) is 0 Å². The highest BCUT2D eigenvalue weighted by atomic mass is 14.0. The van der Waals surface area contributed by atoms with E-state index in [9.17, 15) is 0 Å². The minimum Gasteiger partial charge on any atom is -0.0955 e. The van der Waals surface area contributed by atoms with Crippen LogP contribution in [0.25, 0.3) is 5.57 Å². The Morgan fingerprint density at radius 3 is 2.00 bits per heavy atom. The molecule has 0 spiro atoms. The first-order valence-corrected chi connectivity index (χ1v) is 4.03. The lowest BCUT2D eigenvalue weighted by Gasteiger charge is -2.04. The second-order valence-electron chi connectivity index (χ2n) is 3.12. The fraction of sp³-hybridized carbons (Fsp3) is 0.167. The van der Waals surface area contributed by atoms with Gasteiger partial charge in [-0.2, -0.15) is 0 Å². The highest BCUT2D eigenvalue weighted by Crippen LogP contribution is 2.19. The zero-order valence-electron chi connectivity index (χ0n) is 7.72. The SMILES string of the molecule is C=C(C)C(=C)c1ccc(C)cc1. The van der Waals surface area contributed by atoms with Crippen molar-refractivity contribution in [2.24, 2.45) is 0 Å². The van der Waals surface area contributed by atoms with Crippen LogP contribution in [-0.4, -0.2) is 0 Å². The molecule has 0 radical (unpaired) electrons. The number of allylic oxidation sites excluding steroid dienone is 2. The maximum atomic E-state index is 3.95. The van der Waals surface area contributed by atoms with Crippen LogP contribution in [0.4, 0.5) is 0 Å². The van der Waals surface area contributed by atoms with Gasteiger partial charge in [0.05, 0.1) is 0 Å². The van der Waals surface area contributed by atoms with E-state index in [0.29, 0.717) is 0 Å². The van der Waals surface area contributed by atoms with Crippen LogP contribution in [0.2, 0.25) is 0 Å². The van der Waals surface area contributed by atoms with Crippen LogP contribution in [0.3, 0.4) is 0 Å². The van der Waals surface area contributed by atoms with Crippen LogP contribution in [0.5, 0.6) is 0 Å².